The van der Waals surface area contributed by atoms with Crippen molar-refractivity contribution in [3.8, 4) is 23.3 Å². The molecule has 1 aromatic carbocycles. The maximum absolute atomic E-state index is 11.5. The Balaban J connectivity index is 2.28. The second-order valence-electron chi connectivity index (χ2n) is 4.40. The van der Waals surface area contributed by atoms with Gasteiger partial charge in [0.2, 0.25) is 0 Å². The Morgan fingerprint density at radius 3 is 2.41 bits per heavy atom. The van der Waals surface area contributed by atoms with E-state index < -0.39 is 12.0 Å². The number of nitrogens with one attached hydrogen (secondary N) is 2. The number of hydrazine groups is 1. The standard InChI is InChI=1S/C16H20N2O4/c1-3-4-5-6-7-8-15(19)17-18-16(20)22-14-11-9-13(21-2)10-12-14/h9-12H,3-6H2,1-2H3,(H,17,19)(H,18,20). The molecule has 6 nitrogen and oxygen atoms in total. The number of hydrogen-bond acceptors (Lipinski definition) is 4. The Hall–Kier alpha value is -2.68. The SMILES string of the molecule is CCCCCC#CC(=O)NNC(=O)Oc1ccc(OC)cc1. The van der Waals surface area contributed by atoms with Crippen LogP contribution < -0.4 is 20.3 Å². The van der Waals surface area contributed by atoms with Crippen LogP contribution in [0.1, 0.15) is 32.6 Å². The number of benzene rings is 1. The van der Waals surface area contributed by atoms with Crippen LogP contribution in [0.4, 0.5) is 4.79 Å². The third kappa shape index (κ3) is 7.20. The average Bonchev–Trinajstić information content (AvgIpc) is 2.53. The molecule has 0 spiro atoms. The molecular weight excluding hydrogens is 284 g/mol. The Kier molecular flexibility index (Phi) is 7.98. The molecule has 6 heteroatoms. The third-order valence-electron chi connectivity index (χ3n) is 2.66. The molecule has 2 N–H and O–H groups in total. The van der Waals surface area contributed by atoms with E-state index in [0.717, 1.165) is 19.3 Å². The summed E-state index contributed by atoms with van der Waals surface area (Å²) in [6, 6.07) is 6.47. The summed E-state index contributed by atoms with van der Waals surface area (Å²) in [5.41, 5.74) is 4.27. The van der Waals surface area contributed by atoms with E-state index in [2.05, 4.69) is 29.6 Å². The number of unbranched alkanes of at least 4 members (excludes halogenated alkanes) is 3. The third-order valence-corrected chi connectivity index (χ3v) is 2.66. The predicted molar refractivity (Wildman–Crippen MR) is 82.2 cm³/mol. The van der Waals surface area contributed by atoms with Gasteiger partial charge in [-0.15, -0.1) is 0 Å². The van der Waals surface area contributed by atoms with Gasteiger partial charge in [0.15, 0.2) is 0 Å². The summed E-state index contributed by atoms with van der Waals surface area (Å²) < 4.78 is 9.94. The molecule has 0 aliphatic rings. The topological polar surface area (TPSA) is 76.7 Å². The van der Waals surface area contributed by atoms with Gasteiger partial charge in [-0.25, -0.2) is 10.2 Å². The lowest BCUT2D eigenvalue weighted by Crippen LogP contribution is -2.42. The van der Waals surface area contributed by atoms with Crippen LogP contribution in [0.2, 0.25) is 0 Å². The Morgan fingerprint density at radius 1 is 1.09 bits per heavy atom. The summed E-state index contributed by atoms with van der Waals surface area (Å²) in [6.45, 7) is 2.10. The predicted octanol–water partition coefficient (Wildman–Crippen LogP) is 2.40. The highest BCUT2D eigenvalue weighted by atomic mass is 16.6. The number of rotatable bonds is 5. The molecule has 0 aromatic heterocycles. The van der Waals surface area contributed by atoms with Crippen molar-refractivity contribution in [3.05, 3.63) is 24.3 Å². The van der Waals surface area contributed by atoms with Crippen LogP contribution in [-0.2, 0) is 4.79 Å². The number of amides is 2. The molecule has 0 fully saturated rings. The lowest BCUT2D eigenvalue weighted by molar-refractivity contribution is -0.116. The van der Waals surface area contributed by atoms with Crippen LogP contribution in [0.3, 0.4) is 0 Å². The molecule has 0 bridgehead atoms. The van der Waals surface area contributed by atoms with E-state index in [4.69, 9.17) is 9.47 Å². The quantitative estimate of drug-likeness (QED) is 0.497. The van der Waals surface area contributed by atoms with Crippen LogP contribution in [0.15, 0.2) is 24.3 Å². The van der Waals surface area contributed by atoms with Gasteiger partial charge in [0.05, 0.1) is 7.11 Å². The fraction of sp³-hybridized carbons (Fsp3) is 0.375. The Morgan fingerprint density at radius 2 is 1.77 bits per heavy atom. The minimum Gasteiger partial charge on any atom is -0.497 e. The Bertz CT molecular complexity index is 544. The lowest BCUT2D eigenvalue weighted by atomic mass is 10.2. The van der Waals surface area contributed by atoms with Crippen molar-refractivity contribution < 1.29 is 19.1 Å². The maximum Gasteiger partial charge on any atom is 0.431 e. The van der Waals surface area contributed by atoms with Crippen molar-refractivity contribution in [3.63, 3.8) is 0 Å². The highest BCUT2D eigenvalue weighted by molar-refractivity contribution is 5.94. The zero-order valence-electron chi connectivity index (χ0n) is 12.8. The number of carbonyl (C=O) groups is 2. The summed E-state index contributed by atoms with van der Waals surface area (Å²) in [4.78, 5) is 22.8. The van der Waals surface area contributed by atoms with E-state index in [0.29, 0.717) is 17.9 Å². The molecule has 0 unspecified atom stereocenters. The number of carbonyl (C=O) groups excluding carboxylic acids is 2. The zero-order chi connectivity index (χ0) is 16.2. The van der Waals surface area contributed by atoms with E-state index >= 15 is 0 Å². The normalized spacial score (nSPS) is 9.18. The minimum atomic E-state index is -0.800. The van der Waals surface area contributed by atoms with Gasteiger partial charge < -0.3 is 9.47 Å². The van der Waals surface area contributed by atoms with Crippen molar-refractivity contribution in [2.45, 2.75) is 32.6 Å². The minimum absolute atomic E-state index is 0.332. The monoisotopic (exact) mass is 304 g/mol. The molecule has 0 atom stereocenters. The van der Waals surface area contributed by atoms with Gasteiger partial charge in [-0.3, -0.25) is 10.2 Å². The molecule has 0 aliphatic heterocycles. The molecule has 0 aliphatic carbocycles. The largest absolute Gasteiger partial charge is 0.497 e. The highest BCUT2D eigenvalue weighted by Gasteiger charge is 2.05. The number of hydrogen-bond donors (Lipinski definition) is 2. The fourth-order valence-corrected chi connectivity index (χ4v) is 1.52. The van der Waals surface area contributed by atoms with Crippen molar-refractivity contribution in [1.29, 1.82) is 0 Å². The van der Waals surface area contributed by atoms with Crippen molar-refractivity contribution in [1.82, 2.24) is 10.9 Å². The maximum atomic E-state index is 11.5. The summed E-state index contributed by atoms with van der Waals surface area (Å²) >= 11 is 0. The molecule has 1 rings (SSSR count). The number of ether oxygens (including phenoxy) is 2. The van der Waals surface area contributed by atoms with Crippen molar-refractivity contribution >= 4 is 12.0 Å². The van der Waals surface area contributed by atoms with Gasteiger partial charge in [0.25, 0.3) is 0 Å². The molecule has 1 aromatic rings. The van der Waals surface area contributed by atoms with Crippen LogP contribution in [-0.4, -0.2) is 19.1 Å². The van der Waals surface area contributed by atoms with Crippen molar-refractivity contribution in [2.75, 3.05) is 7.11 Å². The van der Waals surface area contributed by atoms with E-state index in [1.54, 1.807) is 31.4 Å². The van der Waals surface area contributed by atoms with Crippen LogP contribution in [0.5, 0.6) is 11.5 Å². The fourth-order valence-electron chi connectivity index (χ4n) is 1.52. The van der Waals surface area contributed by atoms with E-state index in [1.165, 1.54) is 0 Å². The first-order chi connectivity index (χ1) is 10.7. The van der Waals surface area contributed by atoms with Gasteiger partial charge in [-0.05, 0) is 36.6 Å². The summed E-state index contributed by atoms with van der Waals surface area (Å²) in [5.74, 6) is 5.53. The molecule has 0 saturated carbocycles. The van der Waals surface area contributed by atoms with Crippen LogP contribution in [0.25, 0.3) is 0 Å². The zero-order valence-corrected chi connectivity index (χ0v) is 12.8. The van der Waals surface area contributed by atoms with Crippen LogP contribution in [0, 0.1) is 11.8 Å². The molecule has 0 heterocycles. The second-order valence-corrected chi connectivity index (χ2v) is 4.40. The van der Waals surface area contributed by atoms with E-state index in [1.807, 2.05) is 0 Å². The first-order valence-electron chi connectivity index (χ1n) is 7.06. The van der Waals surface area contributed by atoms with Crippen LogP contribution >= 0.6 is 0 Å². The highest BCUT2D eigenvalue weighted by Crippen LogP contribution is 2.16. The van der Waals surface area contributed by atoms with Crippen molar-refractivity contribution in [2.24, 2.45) is 0 Å². The second kappa shape index (κ2) is 10.1. The van der Waals surface area contributed by atoms with E-state index in [9.17, 15) is 9.59 Å². The van der Waals surface area contributed by atoms with E-state index in [-0.39, 0.29) is 0 Å². The lowest BCUT2D eigenvalue weighted by Gasteiger charge is -2.06. The smallest absolute Gasteiger partial charge is 0.431 e. The molecule has 118 valence electrons. The summed E-state index contributed by atoms with van der Waals surface area (Å²) in [5, 5.41) is 0. The van der Waals surface area contributed by atoms with Gasteiger partial charge in [-0.1, -0.05) is 25.7 Å². The Labute approximate surface area is 130 Å². The molecule has 0 radical (unpaired) electrons. The first kappa shape index (κ1) is 17.4. The summed E-state index contributed by atoms with van der Waals surface area (Å²) in [7, 11) is 1.54. The van der Waals surface area contributed by atoms with Gasteiger partial charge >= 0.3 is 12.0 Å². The molecule has 22 heavy (non-hydrogen) atoms. The number of methoxy groups -OCH3 is 1. The molecular formula is C16H20N2O4. The first-order valence-corrected chi connectivity index (χ1v) is 7.06. The summed E-state index contributed by atoms with van der Waals surface area (Å²) in [6.07, 6.45) is 3.02. The van der Waals surface area contributed by atoms with Gasteiger partial charge in [0.1, 0.15) is 11.5 Å². The van der Waals surface area contributed by atoms with Gasteiger partial charge in [-0.2, -0.15) is 0 Å². The average molecular weight is 304 g/mol. The molecule has 0 saturated heterocycles. The molecule has 2 amide bonds. The van der Waals surface area contributed by atoms with Gasteiger partial charge in [0, 0.05) is 6.42 Å².